The molecule has 0 radical (unpaired) electrons. The highest BCUT2D eigenvalue weighted by Gasteiger charge is 2.35. The zero-order valence-corrected chi connectivity index (χ0v) is 19.0. The summed E-state index contributed by atoms with van der Waals surface area (Å²) in [6.07, 6.45) is 0.113. The Kier molecular flexibility index (Phi) is 7.22. The van der Waals surface area contributed by atoms with Crippen molar-refractivity contribution in [3.63, 3.8) is 0 Å². The molecule has 3 aromatic rings. The first kappa shape index (κ1) is 23.0. The molecule has 1 heterocycles. The van der Waals surface area contributed by atoms with Crippen LogP contribution in [0.1, 0.15) is 29.3 Å². The normalized spacial score (nSPS) is 15.1. The summed E-state index contributed by atoms with van der Waals surface area (Å²) in [7, 11) is 0. The summed E-state index contributed by atoms with van der Waals surface area (Å²) < 4.78 is 5.45. The lowest BCUT2D eigenvalue weighted by atomic mass is 10.1. The number of rotatable bonds is 8. The van der Waals surface area contributed by atoms with Crippen molar-refractivity contribution in [2.24, 2.45) is 5.92 Å². The summed E-state index contributed by atoms with van der Waals surface area (Å²) >= 11 is 0. The third kappa shape index (κ3) is 5.43. The molecule has 174 valence electrons. The predicted molar refractivity (Wildman–Crippen MR) is 131 cm³/mol. The number of carbonyl (C=O) groups excluding carboxylic acids is 3. The standard InChI is InChI=1S/C27H27N3O4/c1-2-34-22-14-12-21(13-15-22)30-18-20(16-25(30)31)26(32)29-24-11-7-6-10-23(24)27(33)28-17-19-8-4-3-5-9-19/h3-15,20H,2,16-18H2,1H3,(H,28,33)(H,29,32)/t20-/m0/s1. The van der Waals surface area contributed by atoms with Crippen molar-refractivity contribution in [1.29, 1.82) is 0 Å². The van der Waals surface area contributed by atoms with Crippen LogP contribution in [0.3, 0.4) is 0 Å². The average molecular weight is 458 g/mol. The van der Waals surface area contributed by atoms with E-state index in [-0.39, 0.29) is 30.7 Å². The summed E-state index contributed by atoms with van der Waals surface area (Å²) in [6, 6.07) is 23.7. The summed E-state index contributed by atoms with van der Waals surface area (Å²) in [5.74, 6) is -0.463. The lowest BCUT2D eigenvalue weighted by Crippen LogP contribution is -2.29. The Hall–Kier alpha value is -4.13. The molecule has 7 heteroatoms. The van der Waals surface area contributed by atoms with Gasteiger partial charge in [-0.15, -0.1) is 0 Å². The van der Waals surface area contributed by atoms with Crippen LogP contribution in [0, 0.1) is 5.92 Å². The molecule has 0 aliphatic carbocycles. The monoisotopic (exact) mass is 457 g/mol. The minimum Gasteiger partial charge on any atom is -0.494 e. The van der Waals surface area contributed by atoms with Crippen LogP contribution >= 0.6 is 0 Å². The first-order valence-electron chi connectivity index (χ1n) is 11.3. The van der Waals surface area contributed by atoms with E-state index in [0.717, 1.165) is 17.0 Å². The Morgan fingerprint density at radius 3 is 2.41 bits per heavy atom. The van der Waals surface area contributed by atoms with E-state index in [9.17, 15) is 14.4 Å². The fourth-order valence-electron chi connectivity index (χ4n) is 3.92. The Bertz CT molecular complexity index is 1160. The first-order valence-corrected chi connectivity index (χ1v) is 11.3. The van der Waals surface area contributed by atoms with Gasteiger partial charge in [0.15, 0.2) is 0 Å². The Labute approximate surface area is 198 Å². The number of nitrogens with one attached hydrogen (secondary N) is 2. The fourth-order valence-corrected chi connectivity index (χ4v) is 3.92. The molecule has 1 saturated heterocycles. The van der Waals surface area contributed by atoms with E-state index >= 15 is 0 Å². The van der Waals surface area contributed by atoms with Gasteiger partial charge >= 0.3 is 0 Å². The van der Waals surface area contributed by atoms with E-state index in [1.165, 1.54) is 0 Å². The van der Waals surface area contributed by atoms with Gasteiger partial charge in [0.2, 0.25) is 11.8 Å². The largest absolute Gasteiger partial charge is 0.494 e. The number of anilines is 2. The topological polar surface area (TPSA) is 87.7 Å². The molecule has 2 N–H and O–H groups in total. The Morgan fingerprint density at radius 2 is 1.68 bits per heavy atom. The number of para-hydroxylation sites is 1. The second-order valence-corrected chi connectivity index (χ2v) is 8.04. The van der Waals surface area contributed by atoms with Gasteiger partial charge in [0, 0.05) is 25.2 Å². The van der Waals surface area contributed by atoms with Crippen LogP contribution in [0.15, 0.2) is 78.9 Å². The van der Waals surface area contributed by atoms with Gasteiger partial charge in [-0.25, -0.2) is 0 Å². The van der Waals surface area contributed by atoms with E-state index in [1.54, 1.807) is 29.2 Å². The van der Waals surface area contributed by atoms with Crippen molar-refractivity contribution in [2.45, 2.75) is 19.9 Å². The number of nitrogens with zero attached hydrogens (tertiary/aromatic N) is 1. The van der Waals surface area contributed by atoms with E-state index in [2.05, 4.69) is 10.6 Å². The highest BCUT2D eigenvalue weighted by Crippen LogP contribution is 2.28. The van der Waals surface area contributed by atoms with Crippen LogP contribution < -0.4 is 20.3 Å². The molecule has 1 aliphatic heterocycles. The number of ether oxygens (including phenoxy) is 1. The van der Waals surface area contributed by atoms with E-state index in [4.69, 9.17) is 4.74 Å². The van der Waals surface area contributed by atoms with Gasteiger partial charge in [0.25, 0.3) is 5.91 Å². The van der Waals surface area contributed by atoms with Gasteiger partial charge in [-0.05, 0) is 48.9 Å². The second-order valence-electron chi connectivity index (χ2n) is 8.04. The number of hydrogen-bond donors (Lipinski definition) is 2. The molecule has 3 aromatic carbocycles. The molecule has 1 atom stereocenters. The van der Waals surface area contributed by atoms with Gasteiger partial charge < -0.3 is 20.3 Å². The molecule has 3 amide bonds. The van der Waals surface area contributed by atoms with Crippen molar-refractivity contribution in [3.8, 4) is 5.75 Å². The first-order chi connectivity index (χ1) is 16.5. The molecule has 1 fully saturated rings. The van der Waals surface area contributed by atoms with Crippen molar-refractivity contribution in [3.05, 3.63) is 90.0 Å². The zero-order valence-electron chi connectivity index (χ0n) is 19.0. The van der Waals surface area contributed by atoms with Crippen molar-refractivity contribution < 1.29 is 19.1 Å². The number of hydrogen-bond acceptors (Lipinski definition) is 4. The van der Waals surface area contributed by atoms with Crippen LogP contribution in [0.5, 0.6) is 5.75 Å². The van der Waals surface area contributed by atoms with E-state index in [1.807, 2.05) is 61.5 Å². The van der Waals surface area contributed by atoms with Crippen LogP contribution in [-0.4, -0.2) is 30.9 Å². The second kappa shape index (κ2) is 10.7. The maximum absolute atomic E-state index is 13.0. The molecule has 0 aromatic heterocycles. The molecule has 4 rings (SSSR count). The number of benzene rings is 3. The lowest BCUT2D eigenvalue weighted by molar-refractivity contribution is -0.122. The zero-order chi connectivity index (χ0) is 23.9. The summed E-state index contributed by atoms with van der Waals surface area (Å²) in [4.78, 5) is 40.0. The summed E-state index contributed by atoms with van der Waals surface area (Å²) in [5, 5.41) is 5.74. The average Bonchev–Trinajstić information content (AvgIpc) is 3.26. The highest BCUT2D eigenvalue weighted by molar-refractivity contribution is 6.07. The van der Waals surface area contributed by atoms with Crippen LogP contribution in [0.4, 0.5) is 11.4 Å². The Morgan fingerprint density at radius 1 is 0.971 bits per heavy atom. The SMILES string of the molecule is CCOc1ccc(N2C[C@@H](C(=O)Nc3ccccc3C(=O)NCc3ccccc3)CC2=O)cc1. The molecule has 0 saturated carbocycles. The fraction of sp³-hybridized carbons (Fsp3) is 0.222. The van der Waals surface area contributed by atoms with Crippen molar-refractivity contribution in [1.82, 2.24) is 5.32 Å². The van der Waals surface area contributed by atoms with Crippen LogP contribution in [0.2, 0.25) is 0 Å². The molecule has 0 unspecified atom stereocenters. The maximum Gasteiger partial charge on any atom is 0.253 e. The number of amides is 3. The molecule has 0 bridgehead atoms. The highest BCUT2D eigenvalue weighted by atomic mass is 16.5. The van der Waals surface area contributed by atoms with Crippen LogP contribution in [0.25, 0.3) is 0 Å². The summed E-state index contributed by atoms with van der Waals surface area (Å²) in [5.41, 5.74) is 2.50. The van der Waals surface area contributed by atoms with Gasteiger partial charge in [-0.2, -0.15) is 0 Å². The number of carbonyl (C=O) groups is 3. The molecular weight excluding hydrogens is 430 g/mol. The van der Waals surface area contributed by atoms with Gasteiger partial charge in [-0.3, -0.25) is 14.4 Å². The van der Waals surface area contributed by atoms with Gasteiger partial charge in [0.1, 0.15) is 5.75 Å². The summed E-state index contributed by atoms with van der Waals surface area (Å²) in [6.45, 7) is 3.14. The van der Waals surface area contributed by atoms with E-state index < -0.39 is 5.92 Å². The lowest BCUT2D eigenvalue weighted by Gasteiger charge is -2.17. The van der Waals surface area contributed by atoms with Crippen molar-refractivity contribution in [2.75, 3.05) is 23.4 Å². The third-order valence-corrected chi connectivity index (χ3v) is 5.68. The van der Waals surface area contributed by atoms with E-state index in [0.29, 0.717) is 24.4 Å². The quantitative estimate of drug-likeness (QED) is 0.535. The van der Waals surface area contributed by atoms with Crippen LogP contribution in [-0.2, 0) is 16.1 Å². The third-order valence-electron chi connectivity index (χ3n) is 5.68. The molecule has 0 spiro atoms. The predicted octanol–water partition coefficient (Wildman–Crippen LogP) is 4.01. The maximum atomic E-state index is 13.0. The minimum atomic E-state index is -0.514. The van der Waals surface area contributed by atoms with Crippen molar-refractivity contribution >= 4 is 29.1 Å². The molecule has 7 nitrogen and oxygen atoms in total. The Balaban J connectivity index is 1.40. The minimum absolute atomic E-state index is 0.113. The van der Waals surface area contributed by atoms with Gasteiger partial charge in [0.05, 0.1) is 23.8 Å². The molecule has 34 heavy (non-hydrogen) atoms. The smallest absolute Gasteiger partial charge is 0.253 e. The van der Waals surface area contributed by atoms with Gasteiger partial charge in [-0.1, -0.05) is 42.5 Å². The molecular formula is C27H27N3O4. The molecule has 1 aliphatic rings.